The summed E-state index contributed by atoms with van der Waals surface area (Å²) in [5.74, 6) is -0.541. The fourth-order valence-corrected chi connectivity index (χ4v) is 3.67. The van der Waals surface area contributed by atoms with E-state index in [0.29, 0.717) is 19.6 Å². The number of nitrogens with two attached hydrogens (primary N) is 1. The lowest BCUT2D eigenvalue weighted by molar-refractivity contribution is -0.156. The first kappa shape index (κ1) is 18.3. The molecule has 24 heavy (non-hydrogen) atoms. The Morgan fingerprint density at radius 2 is 2.25 bits per heavy atom. The summed E-state index contributed by atoms with van der Waals surface area (Å²) in [7, 11) is 0. The number of hydrogen-bond donors (Lipinski definition) is 2. The van der Waals surface area contributed by atoms with E-state index in [1.54, 1.807) is 11.8 Å². The van der Waals surface area contributed by atoms with Crippen LogP contribution in [0.4, 0.5) is 4.79 Å². The van der Waals surface area contributed by atoms with Gasteiger partial charge in [0.15, 0.2) is 0 Å². The van der Waals surface area contributed by atoms with Crippen molar-refractivity contribution in [2.45, 2.75) is 44.7 Å². The highest BCUT2D eigenvalue weighted by Crippen LogP contribution is 2.25. The van der Waals surface area contributed by atoms with Crippen LogP contribution in [0.15, 0.2) is 17.5 Å². The molecule has 1 aliphatic rings. The van der Waals surface area contributed by atoms with E-state index in [4.69, 9.17) is 10.5 Å². The van der Waals surface area contributed by atoms with Gasteiger partial charge in [-0.15, -0.1) is 11.3 Å². The van der Waals surface area contributed by atoms with Gasteiger partial charge in [0, 0.05) is 11.4 Å². The van der Waals surface area contributed by atoms with Crippen molar-refractivity contribution < 1.29 is 19.1 Å². The van der Waals surface area contributed by atoms with Crippen LogP contribution in [0, 0.1) is 0 Å². The van der Waals surface area contributed by atoms with E-state index in [-0.39, 0.29) is 18.3 Å². The molecule has 132 valence electrons. The fraction of sp³-hybridized carbons (Fsp3) is 0.562. The van der Waals surface area contributed by atoms with Crippen LogP contribution in [0.25, 0.3) is 0 Å². The van der Waals surface area contributed by atoms with Crippen LogP contribution < -0.4 is 11.1 Å². The fourth-order valence-electron chi connectivity index (χ4n) is 2.89. The average Bonchev–Trinajstić information content (AvgIpc) is 3.08. The van der Waals surface area contributed by atoms with Crippen molar-refractivity contribution in [3.63, 3.8) is 0 Å². The molecule has 0 saturated carbocycles. The van der Waals surface area contributed by atoms with Gasteiger partial charge in [-0.2, -0.15) is 0 Å². The number of primary amides is 1. The number of thiophene rings is 1. The quantitative estimate of drug-likeness (QED) is 0.761. The molecular formula is C16H23N3O4S. The van der Waals surface area contributed by atoms with Gasteiger partial charge in [0.1, 0.15) is 6.04 Å². The Morgan fingerprint density at radius 1 is 1.46 bits per heavy atom. The lowest BCUT2D eigenvalue weighted by atomic mass is 10.0. The SMILES string of the molecule is CCOC(=O)C1CCCCN1C(=O)CC(NC(N)=O)c1cccs1. The Labute approximate surface area is 145 Å². The Kier molecular flexibility index (Phi) is 6.60. The van der Waals surface area contributed by atoms with E-state index < -0.39 is 18.1 Å². The summed E-state index contributed by atoms with van der Waals surface area (Å²) in [4.78, 5) is 38.5. The summed E-state index contributed by atoms with van der Waals surface area (Å²) >= 11 is 1.44. The number of amides is 3. The monoisotopic (exact) mass is 353 g/mol. The molecule has 1 aliphatic heterocycles. The number of likely N-dealkylation sites (tertiary alicyclic amines) is 1. The van der Waals surface area contributed by atoms with Gasteiger partial charge in [-0.1, -0.05) is 6.07 Å². The predicted octanol–water partition coefficient (Wildman–Crippen LogP) is 1.79. The molecule has 2 heterocycles. The van der Waals surface area contributed by atoms with Crippen molar-refractivity contribution in [2.24, 2.45) is 5.73 Å². The van der Waals surface area contributed by atoms with Gasteiger partial charge in [0.25, 0.3) is 0 Å². The van der Waals surface area contributed by atoms with Gasteiger partial charge in [0.05, 0.1) is 19.1 Å². The number of rotatable bonds is 6. The van der Waals surface area contributed by atoms with E-state index in [1.807, 2.05) is 17.5 Å². The van der Waals surface area contributed by atoms with Crippen molar-refractivity contribution in [1.29, 1.82) is 0 Å². The summed E-state index contributed by atoms with van der Waals surface area (Å²) in [6.45, 7) is 2.56. The summed E-state index contributed by atoms with van der Waals surface area (Å²) in [5, 5.41) is 4.48. The highest BCUT2D eigenvalue weighted by atomic mass is 32.1. The molecular weight excluding hydrogens is 330 g/mol. The maximum Gasteiger partial charge on any atom is 0.328 e. The average molecular weight is 353 g/mol. The topological polar surface area (TPSA) is 102 Å². The summed E-state index contributed by atoms with van der Waals surface area (Å²) in [5.41, 5.74) is 5.22. The second kappa shape index (κ2) is 8.68. The standard InChI is InChI=1S/C16H23N3O4S/c1-2-23-15(21)12-6-3-4-8-19(12)14(20)10-11(18-16(17)22)13-7-5-9-24-13/h5,7,9,11-12H,2-4,6,8,10H2,1H3,(H3,17,18,22). The van der Waals surface area contributed by atoms with Crippen LogP contribution in [0.2, 0.25) is 0 Å². The van der Waals surface area contributed by atoms with E-state index >= 15 is 0 Å². The maximum absolute atomic E-state index is 12.7. The molecule has 0 aromatic carbocycles. The number of carbonyl (C=O) groups excluding carboxylic acids is 3. The minimum atomic E-state index is -0.679. The van der Waals surface area contributed by atoms with E-state index in [9.17, 15) is 14.4 Å². The second-order valence-electron chi connectivity index (χ2n) is 5.63. The van der Waals surface area contributed by atoms with Crippen molar-refractivity contribution >= 4 is 29.2 Å². The van der Waals surface area contributed by atoms with Crippen LogP contribution in [-0.4, -0.2) is 42.0 Å². The van der Waals surface area contributed by atoms with Crippen LogP contribution in [0.5, 0.6) is 0 Å². The zero-order chi connectivity index (χ0) is 17.5. The van der Waals surface area contributed by atoms with Gasteiger partial charge >= 0.3 is 12.0 Å². The predicted molar refractivity (Wildman–Crippen MR) is 90.4 cm³/mol. The molecule has 1 saturated heterocycles. The number of hydrogen-bond acceptors (Lipinski definition) is 5. The third-order valence-corrected chi connectivity index (χ3v) is 4.95. The molecule has 8 heteroatoms. The van der Waals surface area contributed by atoms with E-state index in [0.717, 1.165) is 17.7 Å². The molecule has 7 nitrogen and oxygen atoms in total. The van der Waals surface area contributed by atoms with Crippen LogP contribution in [0.3, 0.4) is 0 Å². The first-order chi connectivity index (χ1) is 11.5. The Balaban J connectivity index is 2.09. The third-order valence-electron chi connectivity index (χ3n) is 3.96. The molecule has 0 spiro atoms. The van der Waals surface area contributed by atoms with Gasteiger partial charge in [-0.05, 0) is 37.6 Å². The number of urea groups is 1. The molecule has 0 bridgehead atoms. The Morgan fingerprint density at radius 3 is 2.88 bits per heavy atom. The van der Waals surface area contributed by atoms with Crippen molar-refractivity contribution in [2.75, 3.05) is 13.2 Å². The van der Waals surface area contributed by atoms with Gasteiger partial charge in [-0.3, -0.25) is 4.79 Å². The number of carbonyl (C=O) groups is 3. The minimum Gasteiger partial charge on any atom is -0.464 e. The molecule has 3 amide bonds. The normalized spacial score (nSPS) is 18.7. The zero-order valence-corrected chi connectivity index (χ0v) is 14.5. The summed E-state index contributed by atoms with van der Waals surface area (Å²) < 4.78 is 5.08. The number of esters is 1. The first-order valence-electron chi connectivity index (χ1n) is 8.08. The minimum absolute atomic E-state index is 0.0688. The maximum atomic E-state index is 12.7. The van der Waals surface area contributed by atoms with Crippen LogP contribution >= 0.6 is 11.3 Å². The second-order valence-corrected chi connectivity index (χ2v) is 6.61. The Hall–Kier alpha value is -2.09. The van der Waals surface area contributed by atoms with E-state index in [2.05, 4.69) is 5.32 Å². The number of piperidine rings is 1. The van der Waals surface area contributed by atoms with Crippen molar-refractivity contribution in [3.05, 3.63) is 22.4 Å². The molecule has 2 unspecified atom stereocenters. The first-order valence-corrected chi connectivity index (χ1v) is 8.96. The van der Waals surface area contributed by atoms with Gasteiger partial charge in [0.2, 0.25) is 5.91 Å². The lowest BCUT2D eigenvalue weighted by Gasteiger charge is -2.34. The Bertz CT molecular complexity index is 576. The zero-order valence-electron chi connectivity index (χ0n) is 13.7. The molecule has 0 radical (unpaired) electrons. The molecule has 2 atom stereocenters. The van der Waals surface area contributed by atoms with Crippen molar-refractivity contribution in [1.82, 2.24) is 10.2 Å². The number of nitrogens with zero attached hydrogens (tertiary/aromatic N) is 1. The molecule has 1 aromatic rings. The molecule has 2 rings (SSSR count). The highest BCUT2D eigenvalue weighted by molar-refractivity contribution is 7.10. The largest absolute Gasteiger partial charge is 0.464 e. The van der Waals surface area contributed by atoms with Crippen LogP contribution in [-0.2, 0) is 14.3 Å². The molecule has 0 aliphatic carbocycles. The molecule has 1 aromatic heterocycles. The van der Waals surface area contributed by atoms with E-state index in [1.165, 1.54) is 11.3 Å². The van der Waals surface area contributed by atoms with Crippen molar-refractivity contribution in [3.8, 4) is 0 Å². The third kappa shape index (κ3) is 4.70. The lowest BCUT2D eigenvalue weighted by Crippen LogP contribution is -2.49. The number of ether oxygens (including phenoxy) is 1. The van der Waals surface area contributed by atoms with Gasteiger partial charge in [-0.25, -0.2) is 9.59 Å². The summed E-state index contributed by atoms with van der Waals surface area (Å²) in [6, 6.07) is 1.99. The highest BCUT2D eigenvalue weighted by Gasteiger charge is 2.34. The smallest absolute Gasteiger partial charge is 0.328 e. The molecule has 1 fully saturated rings. The van der Waals surface area contributed by atoms with Crippen LogP contribution in [0.1, 0.15) is 43.5 Å². The summed E-state index contributed by atoms with van der Waals surface area (Å²) in [6.07, 6.45) is 2.42. The number of nitrogens with one attached hydrogen (secondary N) is 1. The molecule has 3 N–H and O–H groups in total. The van der Waals surface area contributed by atoms with Gasteiger partial charge < -0.3 is 20.7 Å².